The molecule has 2 heteroatoms. The molecule has 0 aliphatic rings. The van der Waals surface area contributed by atoms with Crippen molar-refractivity contribution in [2.24, 2.45) is 0 Å². The second-order valence-corrected chi connectivity index (χ2v) is 1.10. The highest BCUT2D eigenvalue weighted by Gasteiger charge is 1.97. The molecule has 0 aliphatic heterocycles. The Kier molecular flexibility index (Phi) is 1.08. The third kappa shape index (κ3) is 5.34. The lowest BCUT2D eigenvalue weighted by Crippen LogP contribution is -2.02. The van der Waals surface area contributed by atoms with E-state index in [9.17, 15) is 4.79 Å². The third-order valence-electron chi connectivity index (χ3n) is 0.502. The first-order chi connectivity index (χ1) is 7.73. The van der Waals surface area contributed by atoms with Crippen LogP contribution in [-0.2, 0) is 9.53 Å². The van der Waals surface area contributed by atoms with E-state index in [1.165, 1.54) is 6.92 Å². The Labute approximate surface area is 68.8 Å². The zero-order chi connectivity index (χ0) is 15.0. The van der Waals surface area contributed by atoms with Gasteiger partial charge in [0.05, 0.1) is 6.61 Å². The quantitative estimate of drug-likeness (QED) is 0.554. The van der Waals surface area contributed by atoms with Gasteiger partial charge in [0.2, 0.25) is 0 Å². The largest absolute Gasteiger partial charge is 0.466 e. The summed E-state index contributed by atoms with van der Waals surface area (Å²) in [6.07, 6.45) is -10.5. The molecule has 0 saturated heterocycles. The van der Waals surface area contributed by atoms with Crippen LogP contribution in [0.2, 0.25) is 0 Å². The first-order valence-electron chi connectivity index (χ1n) is 6.90. The van der Waals surface area contributed by atoms with Gasteiger partial charge < -0.3 is 4.74 Å². The second kappa shape index (κ2) is 5.60. The van der Waals surface area contributed by atoms with Crippen molar-refractivity contribution in [1.82, 2.24) is 0 Å². The Morgan fingerprint density at radius 1 is 1.89 bits per heavy atom. The van der Waals surface area contributed by atoms with Gasteiger partial charge in [-0.25, -0.2) is 0 Å². The second-order valence-electron chi connectivity index (χ2n) is 1.10. The van der Waals surface area contributed by atoms with E-state index in [1.54, 1.807) is 0 Å². The summed E-state index contributed by atoms with van der Waals surface area (Å²) in [4.78, 5) is 11.3. The van der Waals surface area contributed by atoms with Crippen LogP contribution in [0, 0.1) is 0 Å². The number of ether oxygens (including phenoxy) is 1. The van der Waals surface area contributed by atoms with Crippen molar-refractivity contribution in [3.63, 3.8) is 0 Å². The highest BCUT2D eigenvalue weighted by Crippen LogP contribution is 1.95. The maximum atomic E-state index is 11.3. The molecular formula is C7H14O2. The molecule has 0 bridgehead atoms. The minimum atomic E-state index is -3.57. The number of carbonyl (C=O) groups is 1. The molecule has 9 heavy (non-hydrogen) atoms. The zero-order valence-corrected chi connectivity index (χ0v) is 5.02. The summed E-state index contributed by atoms with van der Waals surface area (Å²) in [6.45, 7) is -2.29. The summed E-state index contributed by atoms with van der Waals surface area (Å²) in [5.74, 6) is -1.64. The van der Waals surface area contributed by atoms with Gasteiger partial charge in [0.25, 0.3) is 0 Å². The topological polar surface area (TPSA) is 26.3 Å². The van der Waals surface area contributed by atoms with Crippen LogP contribution in [0.1, 0.15) is 45.2 Å². The summed E-state index contributed by atoms with van der Waals surface area (Å²) in [5.41, 5.74) is 0. The highest BCUT2D eigenvalue weighted by molar-refractivity contribution is 5.69. The van der Waals surface area contributed by atoms with Crippen molar-refractivity contribution in [2.45, 2.75) is 32.9 Å². The Morgan fingerprint density at radius 3 is 3.22 bits per heavy atom. The molecule has 0 fully saturated rings. The molecule has 2 nitrogen and oxygen atoms in total. The molecule has 0 aromatic carbocycles. The molecule has 0 radical (unpaired) electrons. The van der Waals surface area contributed by atoms with Gasteiger partial charge in [-0.15, -0.1) is 0 Å². The molecule has 0 unspecified atom stereocenters. The minimum Gasteiger partial charge on any atom is -0.466 e. The lowest BCUT2D eigenvalue weighted by molar-refractivity contribution is -0.143. The molecule has 0 heterocycles. The summed E-state index contributed by atoms with van der Waals surface area (Å²) < 4.78 is 68.8. The van der Waals surface area contributed by atoms with Crippen molar-refractivity contribution in [1.29, 1.82) is 0 Å². The molecule has 0 aromatic rings. The number of hydrogen-bond donors (Lipinski definition) is 0. The van der Waals surface area contributed by atoms with E-state index in [0.717, 1.165) is 0 Å². The predicted octanol–water partition coefficient (Wildman–Crippen LogP) is 1.74. The Bertz CT molecular complexity index is 319. The number of rotatable bonds is 4. The molecule has 0 spiro atoms. The van der Waals surface area contributed by atoms with Crippen LogP contribution in [-0.4, -0.2) is 12.6 Å². The van der Waals surface area contributed by atoms with Gasteiger partial charge in [-0.1, -0.05) is 13.2 Å². The predicted molar refractivity (Wildman–Crippen MR) is 36.2 cm³/mol. The molecule has 54 valence electrons. The lowest BCUT2D eigenvalue weighted by Gasteiger charge is -1.97. The van der Waals surface area contributed by atoms with Gasteiger partial charge >= 0.3 is 5.97 Å². The van der Waals surface area contributed by atoms with Crippen molar-refractivity contribution in [3.8, 4) is 0 Å². The van der Waals surface area contributed by atoms with Gasteiger partial charge in [-0.2, -0.15) is 0 Å². The van der Waals surface area contributed by atoms with Crippen LogP contribution in [0.3, 0.4) is 0 Å². The van der Waals surface area contributed by atoms with Crippen LogP contribution in [0.4, 0.5) is 0 Å². The van der Waals surface area contributed by atoms with Crippen LogP contribution in [0.5, 0.6) is 0 Å². The van der Waals surface area contributed by atoms with Crippen LogP contribution >= 0.6 is 0 Å². The Balaban J connectivity index is 5.57. The van der Waals surface area contributed by atoms with Crippen molar-refractivity contribution < 1.29 is 21.9 Å². The summed E-state index contributed by atoms with van der Waals surface area (Å²) in [6, 6.07) is 0. The highest BCUT2D eigenvalue weighted by atomic mass is 16.5. The van der Waals surface area contributed by atoms with Gasteiger partial charge in [0.1, 0.15) is 0 Å². The first-order valence-corrected chi connectivity index (χ1v) is 2.40. The fourth-order valence-corrected chi connectivity index (χ4v) is 0.249. The smallest absolute Gasteiger partial charge is 0.305 e. The van der Waals surface area contributed by atoms with Crippen LogP contribution < -0.4 is 0 Å². The number of esters is 1. The van der Waals surface area contributed by atoms with Gasteiger partial charge in [-0.05, 0) is 13.3 Å². The molecule has 0 aromatic heterocycles. The molecule has 0 atom stereocenters. The number of hydrogen-bond acceptors (Lipinski definition) is 2. The third-order valence-corrected chi connectivity index (χ3v) is 0.502. The van der Waals surface area contributed by atoms with E-state index in [2.05, 4.69) is 4.74 Å². The van der Waals surface area contributed by atoms with Gasteiger partial charge in [0, 0.05) is 18.7 Å². The Hall–Kier alpha value is -0.530. The normalized spacial score (nSPS) is 30.1. The van der Waals surface area contributed by atoms with E-state index < -0.39 is 31.9 Å². The molecule has 0 N–H and O–H groups in total. The van der Waals surface area contributed by atoms with E-state index in [0.29, 0.717) is 0 Å². The standard InChI is InChI=1S/C7H14O2/c1-3-5-6-7(8)9-4-2/h3-6H2,1-2H3/i1D3,3D2,5D2,6D2. The number of carbonyl (C=O) groups excluding carboxylic acids is 1. The zero-order valence-electron chi connectivity index (χ0n) is 14.0. The SMILES string of the molecule is [2H]C([2H])([2H])C([2H])([2H])C([2H])([2H])C([2H])([2H])C(=O)OCC. The average Bonchev–Trinajstić information content (AvgIpc) is 2.15. The van der Waals surface area contributed by atoms with Crippen LogP contribution in [0.25, 0.3) is 0 Å². The van der Waals surface area contributed by atoms with E-state index >= 15 is 0 Å². The summed E-state index contributed by atoms with van der Waals surface area (Å²) in [7, 11) is 0. The van der Waals surface area contributed by atoms with Crippen molar-refractivity contribution >= 4 is 5.97 Å². The fourth-order valence-electron chi connectivity index (χ4n) is 0.249. The molecular weight excluding hydrogens is 116 g/mol. The van der Waals surface area contributed by atoms with E-state index in [-0.39, 0.29) is 6.61 Å². The monoisotopic (exact) mass is 139 g/mol. The summed E-state index contributed by atoms with van der Waals surface area (Å²) in [5, 5.41) is 0. The maximum Gasteiger partial charge on any atom is 0.305 e. The average molecular weight is 139 g/mol. The minimum absolute atomic E-state index is 0.231. The maximum absolute atomic E-state index is 11.3. The molecule has 0 rings (SSSR count). The fraction of sp³-hybridized carbons (Fsp3) is 0.857. The van der Waals surface area contributed by atoms with E-state index in [1.807, 2.05) is 0 Å². The van der Waals surface area contributed by atoms with Crippen LogP contribution in [0.15, 0.2) is 0 Å². The van der Waals surface area contributed by atoms with Gasteiger partial charge in [0.15, 0.2) is 0 Å². The Morgan fingerprint density at radius 2 is 2.67 bits per heavy atom. The lowest BCUT2D eigenvalue weighted by atomic mass is 10.3. The molecule has 0 saturated carbocycles. The molecule has 0 amide bonds. The van der Waals surface area contributed by atoms with Gasteiger partial charge in [-0.3, -0.25) is 4.79 Å². The first kappa shape index (κ1) is 1.74. The summed E-state index contributed by atoms with van der Waals surface area (Å²) >= 11 is 0. The van der Waals surface area contributed by atoms with Crippen molar-refractivity contribution in [2.75, 3.05) is 6.61 Å². The van der Waals surface area contributed by atoms with E-state index in [4.69, 9.17) is 12.3 Å². The molecule has 0 aliphatic carbocycles. The van der Waals surface area contributed by atoms with Crippen molar-refractivity contribution in [3.05, 3.63) is 0 Å².